The summed E-state index contributed by atoms with van der Waals surface area (Å²) < 4.78 is 20.0. The minimum absolute atomic E-state index is 0.300. The normalized spacial score (nSPS) is 12.1. The summed E-state index contributed by atoms with van der Waals surface area (Å²) in [6.45, 7) is 5.87. The highest BCUT2D eigenvalue weighted by Gasteiger charge is 2.07. The molecule has 1 heterocycles. The van der Waals surface area contributed by atoms with Gasteiger partial charge in [-0.25, -0.2) is 14.4 Å². The topological polar surface area (TPSA) is 55.2 Å². The molecule has 0 saturated heterocycles. The minimum Gasteiger partial charge on any atom is -0.490 e. The largest absolute Gasteiger partial charge is 0.490 e. The van der Waals surface area contributed by atoms with E-state index >= 15 is 0 Å². The molecule has 3 aromatic rings. The van der Waals surface area contributed by atoms with Crippen molar-refractivity contribution in [2.24, 2.45) is 0 Å². The molecule has 2 aromatic carbocycles. The summed E-state index contributed by atoms with van der Waals surface area (Å²) in [4.78, 5) is 8.81. The predicted octanol–water partition coefficient (Wildman–Crippen LogP) is 6.08. The zero-order valence-electron chi connectivity index (χ0n) is 17.7. The van der Waals surface area contributed by atoms with Crippen LogP contribution >= 0.6 is 0 Å². The predicted molar refractivity (Wildman–Crippen MR) is 123 cm³/mol. The molecule has 3 rings (SSSR count). The van der Waals surface area contributed by atoms with Crippen LogP contribution < -0.4 is 4.74 Å². The van der Waals surface area contributed by atoms with E-state index in [4.69, 9.17) is 4.74 Å². The van der Waals surface area contributed by atoms with Gasteiger partial charge >= 0.3 is 0 Å². The standard InChI is InChI=1S/C26H27FN2O2/c1-3-15-31-24-13-11-20(12-14-24)23-17-28-26(29-18-23)22-10-9-21(25(27)16-22)8-6-4-5-7-19(2)30/h3,6,8-14,16-19,30H,1,4-5,7,15H2,2H3. The zero-order chi connectivity index (χ0) is 22.1. The summed E-state index contributed by atoms with van der Waals surface area (Å²) in [7, 11) is 0. The Morgan fingerprint density at radius 1 is 1.06 bits per heavy atom. The molecule has 0 aliphatic heterocycles. The Hall–Kier alpha value is -3.31. The third-order valence-corrected chi connectivity index (χ3v) is 4.76. The fourth-order valence-corrected chi connectivity index (χ4v) is 3.07. The summed E-state index contributed by atoms with van der Waals surface area (Å²) in [5.41, 5.74) is 3.00. The third kappa shape index (κ3) is 6.59. The van der Waals surface area contributed by atoms with E-state index in [1.165, 1.54) is 6.07 Å². The third-order valence-electron chi connectivity index (χ3n) is 4.76. The van der Waals surface area contributed by atoms with Crippen LogP contribution in [-0.2, 0) is 0 Å². The van der Waals surface area contributed by atoms with Gasteiger partial charge in [-0.15, -0.1) is 0 Å². The van der Waals surface area contributed by atoms with Crippen molar-refractivity contribution in [3.8, 4) is 28.3 Å². The second-order valence-corrected chi connectivity index (χ2v) is 7.34. The molecule has 0 radical (unpaired) electrons. The van der Waals surface area contributed by atoms with Crippen LogP contribution in [0.2, 0.25) is 0 Å². The van der Waals surface area contributed by atoms with Gasteiger partial charge in [0.2, 0.25) is 0 Å². The number of ether oxygens (including phenoxy) is 1. The van der Waals surface area contributed by atoms with Crippen molar-refractivity contribution in [2.45, 2.75) is 32.3 Å². The molecule has 0 aliphatic rings. The fourth-order valence-electron chi connectivity index (χ4n) is 3.07. The second-order valence-electron chi connectivity index (χ2n) is 7.34. The first-order valence-corrected chi connectivity index (χ1v) is 10.4. The number of unbranched alkanes of at least 4 members (excludes halogenated alkanes) is 1. The molecule has 1 aromatic heterocycles. The molecule has 5 heteroatoms. The van der Waals surface area contributed by atoms with E-state index in [1.54, 1.807) is 37.5 Å². The number of rotatable bonds is 10. The molecule has 160 valence electrons. The van der Waals surface area contributed by atoms with Gasteiger partial charge in [-0.05, 0) is 49.9 Å². The van der Waals surface area contributed by atoms with Crippen LogP contribution in [0.15, 0.2) is 73.6 Å². The lowest BCUT2D eigenvalue weighted by Crippen LogP contribution is -1.97. The molecule has 0 aliphatic carbocycles. The van der Waals surface area contributed by atoms with Crippen molar-refractivity contribution in [1.29, 1.82) is 0 Å². The monoisotopic (exact) mass is 418 g/mol. The molecule has 1 N–H and O–H groups in total. The number of benzene rings is 2. The van der Waals surface area contributed by atoms with Gasteiger partial charge in [0.25, 0.3) is 0 Å². The Bertz CT molecular complexity index is 1010. The van der Waals surface area contributed by atoms with Gasteiger partial charge in [-0.2, -0.15) is 0 Å². The van der Waals surface area contributed by atoms with Crippen molar-refractivity contribution in [2.75, 3.05) is 6.61 Å². The summed E-state index contributed by atoms with van der Waals surface area (Å²) in [5.74, 6) is 0.932. The lowest BCUT2D eigenvalue weighted by atomic mass is 10.1. The molecule has 1 unspecified atom stereocenters. The van der Waals surface area contributed by atoms with Crippen LogP contribution in [-0.4, -0.2) is 27.8 Å². The molecule has 1 atom stereocenters. The van der Waals surface area contributed by atoms with Crippen LogP contribution in [0.4, 0.5) is 4.39 Å². The number of aliphatic hydroxyl groups excluding tert-OH is 1. The van der Waals surface area contributed by atoms with Gasteiger partial charge < -0.3 is 9.84 Å². The van der Waals surface area contributed by atoms with E-state index in [1.807, 2.05) is 36.4 Å². The summed E-state index contributed by atoms with van der Waals surface area (Å²) in [6.07, 6.45) is 11.0. The van der Waals surface area contributed by atoms with E-state index in [-0.39, 0.29) is 11.9 Å². The van der Waals surface area contributed by atoms with Crippen molar-refractivity contribution in [3.63, 3.8) is 0 Å². The molecule has 31 heavy (non-hydrogen) atoms. The smallest absolute Gasteiger partial charge is 0.159 e. The zero-order valence-corrected chi connectivity index (χ0v) is 17.7. The summed E-state index contributed by atoms with van der Waals surface area (Å²) >= 11 is 0. The lowest BCUT2D eigenvalue weighted by molar-refractivity contribution is 0.182. The van der Waals surface area contributed by atoms with Gasteiger partial charge in [0.05, 0.1) is 6.10 Å². The highest BCUT2D eigenvalue weighted by atomic mass is 19.1. The molecule has 0 saturated carbocycles. The molecule has 0 spiro atoms. The maximum Gasteiger partial charge on any atom is 0.159 e. The van der Waals surface area contributed by atoms with E-state index in [0.29, 0.717) is 23.6 Å². The van der Waals surface area contributed by atoms with Crippen molar-refractivity contribution >= 4 is 6.08 Å². The summed E-state index contributed by atoms with van der Waals surface area (Å²) in [6, 6.07) is 12.7. The molecular weight excluding hydrogens is 391 g/mol. The maximum atomic E-state index is 14.5. The van der Waals surface area contributed by atoms with Crippen molar-refractivity contribution in [3.05, 3.63) is 85.0 Å². The van der Waals surface area contributed by atoms with Gasteiger partial charge in [0.15, 0.2) is 5.82 Å². The Balaban J connectivity index is 1.66. The van der Waals surface area contributed by atoms with Gasteiger partial charge in [0, 0.05) is 29.1 Å². The first-order valence-electron chi connectivity index (χ1n) is 10.4. The molecule has 0 amide bonds. The highest BCUT2D eigenvalue weighted by molar-refractivity contribution is 5.65. The first-order chi connectivity index (χ1) is 15.1. The summed E-state index contributed by atoms with van der Waals surface area (Å²) in [5, 5.41) is 9.27. The average Bonchev–Trinajstić information content (AvgIpc) is 2.78. The van der Waals surface area contributed by atoms with Gasteiger partial charge in [0.1, 0.15) is 18.2 Å². The number of nitrogens with zero attached hydrogens (tertiary/aromatic N) is 2. The number of allylic oxidation sites excluding steroid dienone is 1. The minimum atomic E-state index is -0.313. The average molecular weight is 419 g/mol. The number of halogens is 1. The number of aromatic nitrogens is 2. The van der Waals surface area contributed by atoms with E-state index in [0.717, 1.165) is 36.1 Å². The quantitative estimate of drug-likeness (QED) is 0.320. The lowest BCUT2D eigenvalue weighted by Gasteiger charge is -2.06. The molecular formula is C26H27FN2O2. The van der Waals surface area contributed by atoms with Gasteiger partial charge in [-0.3, -0.25) is 0 Å². The van der Waals surface area contributed by atoms with Crippen molar-refractivity contribution in [1.82, 2.24) is 9.97 Å². The molecule has 4 nitrogen and oxygen atoms in total. The fraction of sp³-hybridized carbons (Fsp3) is 0.231. The Labute approximate surface area is 182 Å². The van der Waals surface area contributed by atoms with Gasteiger partial charge in [-0.1, -0.05) is 49.1 Å². The maximum absolute atomic E-state index is 14.5. The van der Waals surface area contributed by atoms with E-state index < -0.39 is 0 Å². The molecule has 0 bridgehead atoms. The van der Waals surface area contributed by atoms with Crippen LogP contribution in [0.5, 0.6) is 5.75 Å². The number of hydrogen-bond acceptors (Lipinski definition) is 4. The Morgan fingerprint density at radius 3 is 2.42 bits per heavy atom. The Kier molecular flexibility index (Phi) is 8.07. The highest BCUT2D eigenvalue weighted by Crippen LogP contribution is 2.24. The molecule has 0 fully saturated rings. The number of hydrogen-bond donors (Lipinski definition) is 1. The first kappa shape index (κ1) is 22.4. The number of aliphatic hydroxyl groups is 1. The van der Waals surface area contributed by atoms with Crippen molar-refractivity contribution < 1.29 is 14.2 Å². The van der Waals surface area contributed by atoms with E-state index in [9.17, 15) is 9.50 Å². The van der Waals surface area contributed by atoms with Crippen LogP contribution in [0, 0.1) is 5.82 Å². The second kappa shape index (κ2) is 11.2. The SMILES string of the molecule is C=CCOc1ccc(-c2cnc(-c3ccc(C=CCCCC(C)O)c(F)c3)nc2)cc1. The van der Waals surface area contributed by atoms with Crippen LogP contribution in [0.3, 0.4) is 0 Å². The van der Waals surface area contributed by atoms with E-state index in [2.05, 4.69) is 16.5 Å². The Morgan fingerprint density at radius 2 is 1.77 bits per heavy atom. The van der Waals surface area contributed by atoms with Crippen LogP contribution in [0.1, 0.15) is 31.7 Å². The van der Waals surface area contributed by atoms with Crippen LogP contribution in [0.25, 0.3) is 28.6 Å².